The number of aryl methyl sites for hydroxylation is 1. The molecule has 7 heteroatoms. The topological polar surface area (TPSA) is 69.7 Å². The van der Waals surface area contributed by atoms with Crippen LogP contribution in [0.15, 0.2) is 48.5 Å². The molecule has 2 aliphatic rings. The van der Waals surface area contributed by atoms with Crippen molar-refractivity contribution >= 4 is 23.5 Å². The number of nitrogens with zero attached hydrogens (tertiary/aromatic N) is 2. The zero-order valence-corrected chi connectivity index (χ0v) is 14.7. The molecule has 0 radical (unpaired) electrons. The highest BCUT2D eigenvalue weighted by Crippen LogP contribution is 2.29. The van der Waals surface area contributed by atoms with Gasteiger partial charge in [-0.2, -0.15) is 0 Å². The fourth-order valence-corrected chi connectivity index (χ4v) is 3.63. The number of fused-ring (bicyclic) bond motifs is 1. The zero-order chi connectivity index (χ0) is 19.1. The van der Waals surface area contributed by atoms with Crippen LogP contribution in [0.3, 0.4) is 0 Å². The Morgan fingerprint density at radius 2 is 1.74 bits per heavy atom. The van der Waals surface area contributed by atoms with E-state index in [1.165, 1.54) is 29.2 Å². The lowest BCUT2D eigenvalue weighted by molar-refractivity contribution is -0.122. The van der Waals surface area contributed by atoms with Crippen LogP contribution >= 0.6 is 0 Å². The van der Waals surface area contributed by atoms with Crippen LogP contribution in [0, 0.1) is 12.7 Å². The highest BCUT2D eigenvalue weighted by molar-refractivity contribution is 6.19. The molecule has 0 saturated carbocycles. The molecule has 4 rings (SSSR count). The van der Waals surface area contributed by atoms with E-state index in [0.717, 1.165) is 10.5 Å². The molecule has 2 heterocycles. The lowest BCUT2D eigenvalue weighted by atomic mass is 10.0. The second-order valence-electron chi connectivity index (χ2n) is 6.80. The van der Waals surface area contributed by atoms with Crippen LogP contribution in [0.5, 0.6) is 0 Å². The van der Waals surface area contributed by atoms with Crippen molar-refractivity contribution in [3.63, 3.8) is 0 Å². The van der Waals surface area contributed by atoms with Gasteiger partial charge in [0.05, 0.1) is 11.7 Å². The molecule has 2 atom stereocenters. The summed E-state index contributed by atoms with van der Waals surface area (Å²) in [7, 11) is 0. The molecule has 1 N–H and O–H groups in total. The van der Waals surface area contributed by atoms with Crippen molar-refractivity contribution in [1.29, 1.82) is 0 Å². The van der Waals surface area contributed by atoms with E-state index in [4.69, 9.17) is 0 Å². The Kier molecular flexibility index (Phi) is 4.14. The monoisotopic (exact) mass is 367 g/mol. The van der Waals surface area contributed by atoms with Crippen LogP contribution < -0.4 is 10.2 Å². The Labute approximate surface area is 155 Å². The van der Waals surface area contributed by atoms with Crippen molar-refractivity contribution in [2.24, 2.45) is 0 Å². The molecule has 2 aliphatic heterocycles. The fraction of sp³-hybridized carbons (Fsp3) is 0.250. The van der Waals surface area contributed by atoms with E-state index in [1.54, 1.807) is 12.1 Å². The van der Waals surface area contributed by atoms with Crippen molar-refractivity contribution in [2.75, 3.05) is 11.4 Å². The minimum atomic E-state index is -0.776. The number of likely N-dealkylation sites (tertiary alicyclic amines) is 1. The Morgan fingerprint density at radius 1 is 1.07 bits per heavy atom. The number of urea groups is 1. The first kappa shape index (κ1) is 17.2. The van der Waals surface area contributed by atoms with Gasteiger partial charge in [-0.15, -0.1) is 0 Å². The van der Waals surface area contributed by atoms with E-state index >= 15 is 0 Å². The van der Waals surface area contributed by atoms with Crippen LogP contribution in [0.1, 0.15) is 22.3 Å². The summed E-state index contributed by atoms with van der Waals surface area (Å²) in [6.45, 7) is 2.31. The molecule has 2 fully saturated rings. The van der Waals surface area contributed by atoms with E-state index in [1.807, 2.05) is 19.1 Å². The molecule has 0 spiro atoms. The summed E-state index contributed by atoms with van der Waals surface area (Å²) in [5.41, 5.74) is 1.81. The number of carbonyl (C=O) groups is 3. The first-order chi connectivity index (χ1) is 13.0. The van der Waals surface area contributed by atoms with Gasteiger partial charge in [-0.05, 0) is 49.7 Å². The summed E-state index contributed by atoms with van der Waals surface area (Å²) in [5.74, 6) is -1.18. The van der Waals surface area contributed by atoms with Gasteiger partial charge in [0.1, 0.15) is 11.9 Å². The van der Waals surface area contributed by atoms with Crippen molar-refractivity contribution < 1.29 is 18.8 Å². The summed E-state index contributed by atoms with van der Waals surface area (Å²) in [5, 5.41) is 2.80. The number of benzene rings is 2. The minimum Gasteiger partial charge on any atom is -0.332 e. The third-order valence-corrected chi connectivity index (χ3v) is 5.03. The van der Waals surface area contributed by atoms with E-state index in [0.29, 0.717) is 18.5 Å². The highest BCUT2D eigenvalue weighted by Gasteiger charge is 2.49. The molecule has 138 valence electrons. The molecule has 6 nitrogen and oxygen atoms in total. The fourth-order valence-electron chi connectivity index (χ4n) is 3.63. The first-order valence-electron chi connectivity index (χ1n) is 8.73. The number of amides is 4. The van der Waals surface area contributed by atoms with Gasteiger partial charge in [0.15, 0.2) is 0 Å². The molecule has 4 amide bonds. The molecule has 0 aromatic heterocycles. The molecule has 2 aromatic carbocycles. The predicted molar refractivity (Wildman–Crippen MR) is 96.8 cm³/mol. The van der Waals surface area contributed by atoms with Gasteiger partial charge < -0.3 is 10.2 Å². The van der Waals surface area contributed by atoms with Crippen molar-refractivity contribution in [1.82, 2.24) is 10.2 Å². The second kappa shape index (κ2) is 6.50. The molecule has 27 heavy (non-hydrogen) atoms. The number of halogens is 1. The summed E-state index contributed by atoms with van der Waals surface area (Å²) < 4.78 is 13.2. The number of imide groups is 1. The van der Waals surface area contributed by atoms with E-state index in [-0.39, 0.29) is 11.6 Å². The third-order valence-electron chi connectivity index (χ3n) is 5.03. The average Bonchev–Trinajstić information content (AvgIpc) is 3.07. The number of hydrogen-bond acceptors (Lipinski definition) is 3. The van der Waals surface area contributed by atoms with Crippen molar-refractivity contribution in [3.05, 3.63) is 65.5 Å². The van der Waals surface area contributed by atoms with Crippen LogP contribution in [0.4, 0.5) is 14.9 Å². The molecule has 0 bridgehead atoms. The molecule has 0 aliphatic carbocycles. The summed E-state index contributed by atoms with van der Waals surface area (Å²) >= 11 is 0. The summed E-state index contributed by atoms with van der Waals surface area (Å²) in [6, 6.07) is 10.5. The maximum atomic E-state index is 13.2. The van der Waals surface area contributed by atoms with Crippen molar-refractivity contribution in [2.45, 2.75) is 25.4 Å². The van der Waals surface area contributed by atoms with Gasteiger partial charge in [0.2, 0.25) is 0 Å². The van der Waals surface area contributed by atoms with Gasteiger partial charge in [-0.3, -0.25) is 9.59 Å². The number of anilines is 1. The summed E-state index contributed by atoms with van der Waals surface area (Å²) in [4.78, 5) is 40.9. The van der Waals surface area contributed by atoms with E-state index in [9.17, 15) is 18.8 Å². The van der Waals surface area contributed by atoms with Gasteiger partial charge in [0, 0.05) is 12.1 Å². The molecular formula is C20H18FN3O3. The van der Waals surface area contributed by atoms with Crippen molar-refractivity contribution in [3.8, 4) is 0 Å². The second-order valence-corrected chi connectivity index (χ2v) is 6.80. The van der Waals surface area contributed by atoms with Gasteiger partial charge >= 0.3 is 6.03 Å². The maximum Gasteiger partial charge on any atom is 0.329 e. The average molecular weight is 367 g/mol. The Bertz CT molecular complexity index is 911. The molecule has 2 saturated heterocycles. The third kappa shape index (κ3) is 2.95. The zero-order valence-electron chi connectivity index (χ0n) is 14.7. The Morgan fingerprint density at radius 3 is 2.41 bits per heavy atom. The lowest BCUT2D eigenvalue weighted by Gasteiger charge is -2.36. The van der Waals surface area contributed by atoms with Crippen LogP contribution in [-0.4, -0.2) is 41.4 Å². The SMILES string of the molecule is Cc1ccc(C(=O)N2CC[C@H]3NC(=O)N(c4ccc(F)cc4)C(=O)[C@H]32)cc1. The van der Waals surface area contributed by atoms with Gasteiger partial charge in [-0.1, -0.05) is 17.7 Å². The van der Waals surface area contributed by atoms with Crippen LogP contribution in [0.2, 0.25) is 0 Å². The predicted octanol–water partition coefficient (Wildman–Crippen LogP) is 2.47. The summed E-state index contributed by atoms with van der Waals surface area (Å²) in [6.07, 6.45) is 0.511. The van der Waals surface area contributed by atoms with Crippen LogP contribution in [-0.2, 0) is 4.79 Å². The molecule has 0 unspecified atom stereocenters. The first-order valence-corrected chi connectivity index (χ1v) is 8.73. The maximum absolute atomic E-state index is 13.2. The largest absolute Gasteiger partial charge is 0.332 e. The van der Waals surface area contributed by atoms with Crippen LogP contribution in [0.25, 0.3) is 0 Å². The lowest BCUT2D eigenvalue weighted by Crippen LogP contribution is -2.65. The van der Waals surface area contributed by atoms with E-state index < -0.39 is 29.8 Å². The van der Waals surface area contributed by atoms with Gasteiger partial charge in [-0.25, -0.2) is 14.1 Å². The smallest absolute Gasteiger partial charge is 0.329 e. The number of carbonyl (C=O) groups excluding carboxylic acids is 3. The highest BCUT2D eigenvalue weighted by atomic mass is 19.1. The van der Waals surface area contributed by atoms with Gasteiger partial charge in [0.25, 0.3) is 11.8 Å². The Balaban J connectivity index is 1.64. The quantitative estimate of drug-likeness (QED) is 0.887. The Hall–Kier alpha value is -3.22. The minimum absolute atomic E-state index is 0.244. The number of rotatable bonds is 2. The number of hydrogen-bond donors (Lipinski definition) is 1. The van der Waals surface area contributed by atoms with E-state index in [2.05, 4.69) is 5.32 Å². The standard InChI is InChI=1S/C20H18FN3O3/c1-12-2-4-13(5-3-12)18(25)23-11-10-16-17(23)19(26)24(20(27)22-16)15-8-6-14(21)7-9-15/h2-9,16-17H,10-11H2,1H3,(H,22,27)/t16-,17+/m1/s1. The normalized spacial score (nSPS) is 21.9. The number of nitrogens with one attached hydrogen (secondary N) is 1. The molecule has 2 aromatic rings. The molecular weight excluding hydrogens is 349 g/mol.